The second kappa shape index (κ2) is 4.57. The van der Waals surface area contributed by atoms with Crippen LogP contribution in [0.3, 0.4) is 0 Å². The quantitative estimate of drug-likeness (QED) is 0.507. The van der Waals surface area contributed by atoms with Gasteiger partial charge in [0.05, 0.1) is 16.6 Å². The van der Waals surface area contributed by atoms with E-state index in [0.717, 1.165) is 22.1 Å². The maximum absolute atomic E-state index is 5.57. The summed E-state index contributed by atoms with van der Waals surface area (Å²) in [6.45, 7) is 0. The second-order valence-electron chi connectivity index (χ2n) is 4.56. The molecule has 0 unspecified atom stereocenters. The fraction of sp³-hybridized carbons (Fsp3) is 0. The van der Waals surface area contributed by atoms with Gasteiger partial charge >= 0.3 is 0 Å². The second-order valence-corrected chi connectivity index (χ2v) is 5.31. The lowest BCUT2D eigenvalue weighted by Gasteiger charge is -2.06. The van der Waals surface area contributed by atoms with E-state index in [1.807, 2.05) is 48.5 Å². The molecular weight excluding hydrogens is 302 g/mol. The van der Waals surface area contributed by atoms with Crippen molar-refractivity contribution in [3.63, 3.8) is 0 Å². The molecule has 0 amide bonds. The first-order valence-electron chi connectivity index (χ1n) is 6.30. The minimum Gasteiger partial charge on any atom is -0.330 e. The number of imidazole rings is 1. The molecule has 0 aliphatic carbocycles. The summed E-state index contributed by atoms with van der Waals surface area (Å²) in [4.78, 5) is 3.15. The molecule has 4 rings (SSSR count). The Balaban J connectivity index is 1.99. The summed E-state index contributed by atoms with van der Waals surface area (Å²) in [5.74, 6) is 0. The van der Waals surface area contributed by atoms with Crippen LogP contribution in [0, 0.1) is 4.77 Å². The number of hydrogen-bond donors (Lipinski definition) is 1. The molecule has 0 radical (unpaired) electrons. The van der Waals surface area contributed by atoms with Crippen molar-refractivity contribution >= 4 is 51.6 Å². The standard InChI is InChI=1S/C14H9N5S2/c20-13-15-9-5-1-3-7-11(9)18(13)14(21)19-12-8-4-2-6-10(12)16-17-19/h1-8H,(H,15,20). The van der Waals surface area contributed by atoms with Crippen LogP contribution in [-0.2, 0) is 0 Å². The van der Waals surface area contributed by atoms with Crippen LogP contribution in [0.4, 0.5) is 0 Å². The van der Waals surface area contributed by atoms with E-state index in [1.165, 1.54) is 0 Å². The fourth-order valence-corrected chi connectivity index (χ4v) is 3.03. The van der Waals surface area contributed by atoms with Gasteiger partial charge in [-0.25, -0.2) is 0 Å². The molecule has 0 aliphatic rings. The minimum atomic E-state index is 0.478. The van der Waals surface area contributed by atoms with E-state index in [-0.39, 0.29) is 0 Å². The van der Waals surface area contributed by atoms with Crippen LogP contribution in [0.25, 0.3) is 22.1 Å². The highest BCUT2D eigenvalue weighted by atomic mass is 32.1. The van der Waals surface area contributed by atoms with Crippen molar-refractivity contribution in [2.45, 2.75) is 0 Å². The number of rotatable bonds is 0. The number of aromatic nitrogens is 5. The highest BCUT2D eigenvalue weighted by Gasteiger charge is 2.13. The van der Waals surface area contributed by atoms with Gasteiger partial charge in [0.25, 0.3) is 0 Å². The van der Waals surface area contributed by atoms with Gasteiger partial charge in [0, 0.05) is 0 Å². The van der Waals surface area contributed by atoms with Crippen molar-refractivity contribution < 1.29 is 0 Å². The topological polar surface area (TPSA) is 51.4 Å². The summed E-state index contributed by atoms with van der Waals surface area (Å²) >= 11 is 11.0. The van der Waals surface area contributed by atoms with Gasteiger partial charge in [-0.3, -0.25) is 4.57 Å². The number of H-pyrrole nitrogens is 1. The number of thiocarbonyl (C=S) groups is 1. The largest absolute Gasteiger partial charge is 0.330 e. The molecule has 0 saturated carbocycles. The Morgan fingerprint density at radius 3 is 2.57 bits per heavy atom. The Morgan fingerprint density at radius 1 is 1.00 bits per heavy atom. The van der Waals surface area contributed by atoms with E-state index in [4.69, 9.17) is 24.4 Å². The molecule has 0 saturated heterocycles. The molecule has 5 nitrogen and oxygen atoms in total. The lowest BCUT2D eigenvalue weighted by atomic mass is 10.3. The SMILES string of the molecule is S=C(n1nnc2ccccc21)n1c(=S)[nH]c2ccccc21. The smallest absolute Gasteiger partial charge is 0.209 e. The number of nitrogens with one attached hydrogen (secondary N) is 1. The normalized spacial score (nSPS) is 11.2. The van der Waals surface area contributed by atoms with Crippen LogP contribution < -0.4 is 0 Å². The first-order valence-corrected chi connectivity index (χ1v) is 7.12. The molecule has 4 aromatic rings. The molecule has 0 fully saturated rings. The third kappa shape index (κ3) is 1.82. The molecule has 21 heavy (non-hydrogen) atoms. The average molecular weight is 311 g/mol. The Hall–Kier alpha value is -2.38. The monoisotopic (exact) mass is 311 g/mol. The zero-order chi connectivity index (χ0) is 14.4. The van der Waals surface area contributed by atoms with Gasteiger partial charge in [-0.15, -0.1) is 5.10 Å². The maximum atomic E-state index is 5.57. The summed E-state index contributed by atoms with van der Waals surface area (Å²) in [6.07, 6.45) is 0. The van der Waals surface area contributed by atoms with Crippen molar-refractivity contribution in [2.75, 3.05) is 0 Å². The third-order valence-electron chi connectivity index (χ3n) is 3.31. The van der Waals surface area contributed by atoms with Crippen LogP contribution >= 0.6 is 24.4 Å². The molecule has 0 aliphatic heterocycles. The Bertz CT molecular complexity index is 1040. The van der Waals surface area contributed by atoms with Crippen molar-refractivity contribution in [3.8, 4) is 0 Å². The Morgan fingerprint density at radius 2 is 1.71 bits per heavy atom. The van der Waals surface area contributed by atoms with Crippen molar-refractivity contribution in [2.24, 2.45) is 0 Å². The summed E-state index contributed by atoms with van der Waals surface area (Å²) in [7, 11) is 0. The van der Waals surface area contributed by atoms with Gasteiger partial charge in [0.2, 0.25) is 5.11 Å². The van der Waals surface area contributed by atoms with Gasteiger partial charge in [-0.2, -0.15) is 4.68 Å². The summed E-state index contributed by atoms with van der Waals surface area (Å²) < 4.78 is 3.96. The molecule has 1 N–H and O–H groups in total. The van der Waals surface area contributed by atoms with E-state index >= 15 is 0 Å². The van der Waals surface area contributed by atoms with Crippen LogP contribution in [-0.4, -0.2) is 29.7 Å². The molecule has 2 aromatic heterocycles. The summed E-state index contributed by atoms with van der Waals surface area (Å²) in [5.41, 5.74) is 3.52. The first kappa shape index (κ1) is 12.4. The van der Waals surface area contributed by atoms with Crippen LogP contribution in [0.2, 0.25) is 0 Å². The van der Waals surface area contributed by atoms with E-state index in [9.17, 15) is 0 Å². The highest BCUT2D eigenvalue weighted by Crippen LogP contribution is 2.16. The number of para-hydroxylation sites is 3. The predicted molar refractivity (Wildman–Crippen MR) is 88.0 cm³/mol. The predicted octanol–water partition coefficient (Wildman–Crippen LogP) is 3.12. The van der Waals surface area contributed by atoms with Crippen LogP contribution in [0.1, 0.15) is 0 Å². The third-order valence-corrected chi connectivity index (χ3v) is 3.95. The van der Waals surface area contributed by atoms with E-state index < -0.39 is 0 Å². The van der Waals surface area contributed by atoms with Crippen LogP contribution in [0.5, 0.6) is 0 Å². The molecule has 7 heteroatoms. The molecule has 102 valence electrons. The minimum absolute atomic E-state index is 0.478. The summed E-state index contributed by atoms with van der Waals surface area (Å²) in [6, 6.07) is 15.5. The molecule has 0 atom stereocenters. The lowest BCUT2D eigenvalue weighted by molar-refractivity contribution is 0.844. The van der Waals surface area contributed by atoms with Crippen molar-refractivity contribution in [3.05, 3.63) is 53.3 Å². The Kier molecular flexibility index (Phi) is 2.69. The molecule has 2 heterocycles. The van der Waals surface area contributed by atoms with Gasteiger partial charge in [0.1, 0.15) is 5.52 Å². The number of nitrogens with zero attached hydrogens (tertiary/aromatic N) is 4. The van der Waals surface area contributed by atoms with Gasteiger partial charge in [-0.05, 0) is 48.7 Å². The van der Waals surface area contributed by atoms with Gasteiger partial charge < -0.3 is 4.98 Å². The summed E-state index contributed by atoms with van der Waals surface area (Å²) in [5, 5.41) is 8.75. The van der Waals surface area contributed by atoms with Crippen LogP contribution in [0.15, 0.2) is 48.5 Å². The molecule has 0 bridgehead atoms. The number of benzene rings is 2. The lowest BCUT2D eigenvalue weighted by Crippen LogP contribution is -2.20. The van der Waals surface area contributed by atoms with E-state index in [1.54, 1.807) is 9.25 Å². The molecule has 2 aromatic carbocycles. The Labute approximate surface area is 129 Å². The maximum Gasteiger partial charge on any atom is 0.209 e. The van der Waals surface area contributed by atoms with Crippen molar-refractivity contribution in [1.29, 1.82) is 0 Å². The zero-order valence-corrected chi connectivity index (χ0v) is 12.4. The average Bonchev–Trinajstić information content (AvgIpc) is 3.06. The number of hydrogen-bond acceptors (Lipinski definition) is 4. The number of fused-ring (bicyclic) bond motifs is 2. The molecule has 0 spiro atoms. The fourth-order valence-electron chi connectivity index (χ4n) is 2.35. The van der Waals surface area contributed by atoms with Crippen molar-refractivity contribution in [1.82, 2.24) is 24.5 Å². The van der Waals surface area contributed by atoms with E-state index in [2.05, 4.69) is 15.3 Å². The highest BCUT2D eigenvalue weighted by molar-refractivity contribution is 7.80. The molecular formula is C14H9N5S2. The van der Waals surface area contributed by atoms with Gasteiger partial charge in [0.15, 0.2) is 4.77 Å². The first-order chi connectivity index (χ1) is 10.3. The zero-order valence-electron chi connectivity index (χ0n) is 10.7. The van der Waals surface area contributed by atoms with Gasteiger partial charge in [-0.1, -0.05) is 29.5 Å². The number of aromatic amines is 1. The van der Waals surface area contributed by atoms with E-state index in [0.29, 0.717) is 9.88 Å².